The lowest BCUT2D eigenvalue weighted by molar-refractivity contribution is -0.140. The van der Waals surface area contributed by atoms with Gasteiger partial charge in [-0.2, -0.15) is 39.5 Å². The molecule has 0 aliphatic heterocycles. The van der Waals surface area contributed by atoms with Crippen molar-refractivity contribution >= 4 is 11.4 Å². The van der Waals surface area contributed by atoms with Crippen LogP contribution in [0.2, 0.25) is 0 Å². The molecule has 35 heavy (non-hydrogen) atoms. The number of anilines is 2. The van der Waals surface area contributed by atoms with E-state index in [4.69, 9.17) is 20.9 Å². The number of nitrogens with two attached hydrogens (primary N) is 2. The van der Waals surface area contributed by atoms with Crippen molar-refractivity contribution in [2.24, 2.45) is 0 Å². The highest BCUT2D eigenvalue weighted by Gasteiger charge is 2.39. The summed E-state index contributed by atoms with van der Waals surface area (Å²) in [6, 6.07) is 3.80. The van der Waals surface area contributed by atoms with Crippen LogP contribution in [0.5, 0.6) is 23.0 Å². The fourth-order valence-electron chi connectivity index (χ4n) is 2.87. The molecule has 4 N–H and O–H groups in total. The predicted molar refractivity (Wildman–Crippen MR) is 103 cm³/mol. The Bertz CT molecular complexity index is 1250. The third-order valence-electron chi connectivity index (χ3n) is 4.40. The maximum absolute atomic E-state index is 14.5. The van der Waals surface area contributed by atoms with Gasteiger partial charge in [-0.1, -0.05) is 0 Å². The van der Waals surface area contributed by atoms with Crippen LogP contribution in [0.25, 0.3) is 0 Å². The Labute approximate surface area is 189 Å². The Morgan fingerprint density at radius 3 is 1.26 bits per heavy atom. The number of hydrogen-bond donors (Lipinski definition) is 2. The zero-order valence-electron chi connectivity index (χ0n) is 16.9. The van der Waals surface area contributed by atoms with E-state index in [-0.39, 0.29) is 23.5 Å². The van der Waals surface area contributed by atoms with Crippen molar-refractivity contribution in [3.05, 3.63) is 71.0 Å². The Morgan fingerprint density at radius 2 is 0.857 bits per heavy atom. The summed E-state index contributed by atoms with van der Waals surface area (Å²) in [5.41, 5.74) is 5.44. The largest absolute Gasteiger partial charge is 0.456 e. The molecule has 0 bridgehead atoms. The molecule has 0 saturated heterocycles. The van der Waals surface area contributed by atoms with Crippen LogP contribution in [-0.4, -0.2) is 0 Å². The maximum atomic E-state index is 14.5. The first-order chi connectivity index (χ1) is 16.0. The van der Waals surface area contributed by atoms with E-state index in [0.717, 1.165) is 12.1 Å². The number of benzene rings is 3. The lowest BCUT2D eigenvalue weighted by Gasteiger charge is -2.19. The van der Waals surface area contributed by atoms with E-state index in [2.05, 4.69) is 0 Å². The van der Waals surface area contributed by atoms with Gasteiger partial charge in [0.2, 0.25) is 0 Å². The molecule has 0 amide bonds. The third kappa shape index (κ3) is 5.81. The molecule has 3 aromatic carbocycles. The van der Waals surface area contributed by atoms with Gasteiger partial charge in [0.25, 0.3) is 0 Å². The fraction of sp³-hybridized carbons (Fsp3) is 0.143. The molecule has 0 unspecified atom stereocenters. The summed E-state index contributed by atoms with van der Waals surface area (Å²) in [6.45, 7) is 0. The van der Waals surface area contributed by atoms with E-state index in [1.165, 1.54) is 0 Å². The molecule has 0 spiro atoms. The first-order valence-electron chi connectivity index (χ1n) is 9.16. The quantitative estimate of drug-likeness (QED) is 0.278. The molecule has 3 rings (SSSR count). The van der Waals surface area contributed by atoms with Crippen molar-refractivity contribution in [2.45, 2.75) is 18.5 Å². The van der Waals surface area contributed by atoms with E-state index in [0.29, 0.717) is 24.3 Å². The average Bonchev–Trinajstić information content (AvgIpc) is 2.67. The SMILES string of the molecule is Nc1ccc(C(F)(F)F)c(Oc2cc(Oc3cc(N)ccc3C(F)(F)F)c(C(F)(F)F)cc2F)c1. The van der Waals surface area contributed by atoms with Crippen molar-refractivity contribution < 1.29 is 53.4 Å². The first-order valence-corrected chi connectivity index (χ1v) is 9.16. The van der Waals surface area contributed by atoms with Crippen molar-refractivity contribution in [1.82, 2.24) is 0 Å². The lowest BCUT2D eigenvalue weighted by Crippen LogP contribution is -2.11. The van der Waals surface area contributed by atoms with Gasteiger partial charge >= 0.3 is 18.5 Å². The minimum atomic E-state index is -5.33. The van der Waals surface area contributed by atoms with Gasteiger partial charge in [0, 0.05) is 29.6 Å². The smallest absolute Gasteiger partial charge is 0.420 e. The van der Waals surface area contributed by atoms with E-state index in [1.807, 2.05) is 0 Å². The number of rotatable bonds is 4. The van der Waals surface area contributed by atoms with Crippen LogP contribution in [0, 0.1) is 5.82 Å². The molecule has 188 valence electrons. The van der Waals surface area contributed by atoms with E-state index in [9.17, 15) is 43.9 Å². The van der Waals surface area contributed by atoms with Gasteiger partial charge in [0.05, 0.1) is 11.1 Å². The Kier molecular flexibility index (Phi) is 6.44. The van der Waals surface area contributed by atoms with Crippen LogP contribution in [0.4, 0.5) is 55.3 Å². The van der Waals surface area contributed by atoms with Crippen LogP contribution in [0.15, 0.2) is 48.5 Å². The zero-order valence-corrected chi connectivity index (χ0v) is 16.9. The molecule has 0 radical (unpaired) electrons. The molecule has 3 aromatic rings. The van der Waals surface area contributed by atoms with Crippen LogP contribution in [0.3, 0.4) is 0 Å². The summed E-state index contributed by atoms with van der Waals surface area (Å²) >= 11 is 0. The number of ether oxygens (including phenoxy) is 2. The van der Waals surface area contributed by atoms with E-state index >= 15 is 0 Å². The Morgan fingerprint density at radius 1 is 0.486 bits per heavy atom. The first kappa shape index (κ1) is 25.8. The topological polar surface area (TPSA) is 70.5 Å². The molecule has 14 heteroatoms. The summed E-state index contributed by atoms with van der Waals surface area (Å²) in [5, 5.41) is 0. The van der Waals surface area contributed by atoms with Gasteiger partial charge in [-0.25, -0.2) is 4.39 Å². The minimum Gasteiger partial charge on any atom is -0.456 e. The molecule has 0 aromatic heterocycles. The second-order valence-electron chi connectivity index (χ2n) is 6.99. The number of nitrogen functional groups attached to an aromatic ring is 2. The van der Waals surface area contributed by atoms with Crippen molar-refractivity contribution in [1.29, 1.82) is 0 Å². The molecule has 4 nitrogen and oxygen atoms in total. The van der Waals surface area contributed by atoms with Crippen molar-refractivity contribution in [2.75, 3.05) is 11.5 Å². The van der Waals surface area contributed by atoms with Crippen LogP contribution in [-0.2, 0) is 18.5 Å². The number of halogens is 10. The van der Waals surface area contributed by atoms with Gasteiger partial charge in [0.1, 0.15) is 22.8 Å². The second kappa shape index (κ2) is 8.74. The van der Waals surface area contributed by atoms with Crippen LogP contribution in [0.1, 0.15) is 16.7 Å². The molecule has 0 fully saturated rings. The van der Waals surface area contributed by atoms with Crippen LogP contribution < -0.4 is 20.9 Å². The fourth-order valence-corrected chi connectivity index (χ4v) is 2.87. The van der Waals surface area contributed by atoms with E-state index in [1.54, 1.807) is 0 Å². The minimum absolute atomic E-state index is 0.171. The van der Waals surface area contributed by atoms with Crippen molar-refractivity contribution in [3.8, 4) is 23.0 Å². The van der Waals surface area contributed by atoms with Gasteiger partial charge in [-0.15, -0.1) is 0 Å². The van der Waals surface area contributed by atoms with Crippen molar-refractivity contribution in [3.63, 3.8) is 0 Å². The highest BCUT2D eigenvalue weighted by molar-refractivity contribution is 5.55. The molecular weight excluding hydrogens is 502 g/mol. The van der Waals surface area contributed by atoms with Gasteiger partial charge in [0.15, 0.2) is 11.6 Å². The normalized spacial score (nSPS) is 12.5. The zero-order chi connectivity index (χ0) is 26.3. The molecule has 0 aliphatic rings. The molecular formula is C21H12F10N2O2. The Balaban J connectivity index is 2.17. The summed E-state index contributed by atoms with van der Waals surface area (Å²) in [7, 11) is 0. The molecule has 0 heterocycles. The van der Waals surface area contributed by atoms with Gasteiger partial charge in [-0.3, -0.25) is 0 Å². The molecule has 0 atom stereocenters. The summed E-state index contributed by atoms with van der Waals surface area (Å²) in [5.74, 6) is -6.60. The summed E-state index contributed by atoms with van der Waals surface area (Å²) < 4.78 is 144. The number of alkyl halides is 9. The predicted octanol–water partition coefficient (Wildman–Crippen LogP) is 7.63. The lowest BCUT2D eigenvalue weighted by atomic mass is 10.1. The van der Waals surface area contributed by atoms with Gasteiger partial charge < -0.3 is 20.9 Å². The second-order valence-corrected chi connectivity index (χ2v) is 6.99. The highest BCUT2D eigenvalue weighted by Crippen LogP contribution is 2.46. The third-order valence-corrected chi connectivity index (χ3v) is 4.40. The van der Waals surface area contributed by atoms with Gasteiger partial charge in [-0.05, 0) is 30.3 Å². The summed E-state index contributed by atoms with van der Waals surface area (Å²) in [4.78, 5) is 0. The molecule has 0 saturated carbocycles. The average molecular weight is 514 g/mol. The van der Waals surface area contributed by atoms with Crippen LogP contribution >= 0.6 is 0 Å². The summed E-state index contributed by atoms with van der Waals surface area (Å²) in [6.07, 6.45) is -15.4. The van der Waals surface area contributed by atoms with E-state index < -0.39 is 64.0 Å². The standard InChI is InChI=1S/C21H12F10N2O2/c22-14-7-13(21(29,30)31)17(34-15-5-9(32)1-3-11(15)19(23,24)25)8-18(14)35-16-6-10(33)2-4-12(16)20(26,27)28/h1-8H,32-33H2. The molecule has 0 aliphatic carbocycles. The number of hydrogen-bond acceptors (Lipinski definition) is 4. The maximum Gasteiger partial charge on any atom is 0.420 e. The monoisotopic (exact) mass is 514 g/mol. The Hall–Kier alpha value is -3.84. The highest BCUT2D eigenvalue weighted by atomic mass is 19.4.